The summed E-state index contributed by atoms with van der Waals surface area (Å²) in [5, 5.41) is 4.38. The summed E-state index contributed by atoms with van der Waals surface area (Å²) in [6.45, 7) is 9.90. The van der Waals surface area contributed by atoms with E-state index < -0.39 is 0 Å². The number of hydrogen-bond donors (Lipinski definition) is 1. The third-order valence-electron chi connectivity index (χ3n) is 3.51. The molecule has 0 amide bonds. The van der Waals surface area contributed by atoms with Gasteiger partial charge in [0.1, 0.15) is 0 Å². The number of nitrogens with zero attached hydrogens (tertiary/aromatic N) is 1. The highest BCUT2D eigenvalue weighted by Gasteiger charge is 2.30. The maximum Gasteiger partial charge on any atom is 0.0535 e. The first kappa shape index (κ1) is 13.6. The quantitative estimate of drug-likeness (QED) is 0.903. The lowest BCUT2D eigenvalue weighted by atomic mass is 9.91. The maximum atomic E-state index is 5.95. The molecule has 1 aliphatic rings. The van der Waals surface area contributed by atoms with E-state index in [4.69, 9.17) is 11.6 Å². The molecule has 1 unspecified atom stereocenters. The lowest BCUT2D eigenvalue weighted by Crippen LogP contribution is -2.46. The highest BCUT2D eigenvalue weighted by molar-refractivity contribution is 6.29. The van der Waals surface area contributed by atoms with E-state index in [1.54, 1.807) is 0 Å². The van der Waals surface area contributed by atoms with E-state index >= 15 is 0 Å². The minimum atomic E-state index is -0.00982. The molecule has 1 atom stereocenters. The predicted molar refractivity (Wildman–Crippen MR) is 77.8 cm³/mol. The van der Waals surface area contributed by atoms with Crippen molar-refractivity contribution >= 4 is 11.6 Å². The maximum absolute atomic E-state index is 5.95. The summed E-state index contributed by atoms with van der Waals surface area (Å²) in [4.78, 5) is 2.38. The number of nitrogens with one attached hydrogen (secondary N) is 1. The number of rotatable bonds is 3. The average Bonchev–Trinajstić information content (AvgIpc) is 2.52. The van der Waals surface area contributed by atoms with Crippen molar-refractivity contribution in [3.63, 3.8) is 0 Å². The van der Waals surface area contributed by atoms with Gasteiger partial charge < -0.3 is 5.32 Å². The van der Waals surface area contributed by atoms with Crippen LogP contribution in [0, 0.1) is 0 Å². The van der Waals surface area contributed by atoms with Crippen molar-refractivity contribution in [1.29, 1.82) is 0 Å². The van der Waals surface area contributed by atoms with Gasteiger partial charge in [-0.25, -0.2) is 0 Å². The third kappa shape index (κ3) is 3.35. The molecular weight excluding hydrogens is 244 g/mol. The van der Waals surface area contributed by atoms with Crippen LogP contribution in [0.4, 0.5) is 0 Å². The molecule has 1 aliphatic heterocycles. The van der Waals surface area contributed by atoms with Crippen LogP contribution in [0.3, 0.4) is 0 Å². The smallest absolute Gasteiger partial charge is 0.0535 e. The molecule has 1 fully saturated rings. The van der Waals surface area contributed by atoms with Crippen molar-refractivity contribution in [3.05, 3.63) is 47.5 Å². The fourth-order valence-electron chi connectivity index (χ4n) is 2.63. The van der Waals surface area contributed by atoms with Crippen molar-refractivity contribution in [2.45, 2.75) is 18.9 Å². The van der Waals surface area contributed by atoms with Gasteiger partial charge in [0.15, 0.2) is 0 Å². The second-order valence-electron chi connectivity index (χ2n) is 5.21. The van der Waals surface area contributed by atoms with Crippen LogP contribution in [-0.4, -0.2) is 31.1 Å². The van der Waals surface area contributed by atoms with Crippen LogP contribution < -0.4 is 5.32 Å². The van der Waals surface area contributed by atoms with Crippen LogP contribution in [0.2, 0.25) is 0 Å². The number of benzene rings is 1. The summed E-state index contributed by atoms with van der Waals surface area (Å²) in [7, 11) is 0. The van der Waals surface area contributed by atoms with Gasteiger partial charge in [0, 0.05) is 18.1 Å². The molecule has 0 spiro atoms. The van der Waals surface area contributed by atoms with E-state index in [1.165, 1.54) is 5.56 Å². The van der Waals surface area contributed by atoms with Gasteiger partial charge in [-0.05, 0) is 32.0 Å². The molecular formula is C15H21ClN2. The lowest BCUT2D eigenvalue weighted by Gasteiger charge is -2.34. The molecule has 1 aromatic carbocycles. The van der Waals surface area contributed by atoms with E-state index in [-0.39, 0.29) is 5.54 Å². The van der Waals surface area contributed by atoms with Crippen LogP contribution in [0.5, 0.6) is 0 Å². The first-order valence-corrected chi connectivity index (χ1v) is 6.84. The summed E-state index contributed by atoms with van der Waals surface area (Å²) >= 11 is 5.95. The first-order valence-electron chi connectivity index (χ1n) is 6.46. The molecule has 0 aromatic heterocycles. The monoisotopic (exact) mass is 264 g/mol. The Kier molecular flexibility index (Phi) is 4.44. The molecule has 0 saturated carbocycles. The van der Waals surface area contributed by atoms with Gasteiger partial charge >= 0.3 is 0 Å². The Morgan fingerprint density at radius 3 is 2.83 bits per heavy atom. The molecule has 3 heteroatoms. The minimum absolute atomic E-state index is 0.00982. The molecule has 0 radical (unpaired) electrons. The Morgan fingerprint density at radius 2 is 2.17 bits per heavy atom. The highest BCUT2D eigenvalue weighted by atomic mass is 35.5. The van der Waals surface area contributed by atoms with Crippen LogP contribution in [-0.2, 0) is 5.54 Å². The summed E-state index contributed by atoms with van der Waals surface area (Å²) in [6.07, 6.45) is 1.15. The SMILES string of the molecule is C=C(Cl)CN1CCCNC(C)(c2ccccc2)C1. The Labute approximate surface area is 115 Å². The molecule has 1 saturated heterocycles. The summed E-state index contributed by atoms with van der Waals surface area (Å²) in [6, 6.07) is 10.6. The van der Waals surface area contributed by atoms with Crippen molar-refractivity contribution in [1.82, 2.24) is 10.2 Å². The van der Waals surface area contributed by atoms with Gasteiger partial charge in [0.2, 0.25) is 0 Å². The highest BCUT2D eigenvalue weighted by Crippen LogP contribution is 2.24. The van der Waals surface area contributed by atoms with Crippen molar-refractivity contribution in [2.24, 2.45) is 0 Å². The summed E-state index contributed by atoms with van der Waals surface area (Å²) < 4.78 is 0. The molecule has 2 nitrogen and oxygen atoms in total. The zero-order chi connectivity index (χ0) is 13.0. The van der Waals surface area contributed by atoms with Crippen molar-refractivity contribution in [3.8, 4) is 0 Å². The van der Waals surface area contributed by atoms with Gasteiger partial charge in [-0.15, -0.1) is 0 Å². The minimum Gasteiger partial charge on any atom is -0.307 e. The Hall–Kier alpha value is -0.830. The van der Waals surface area contributed by atoms with Crippen molar-refractivity contribution in [2.75, 3.05) is 26.2 Å². The third-order valence-corrected chi connectivity index (χ3v) is 3.63. The largest absolute Gasteiger partial charge is 0.307 e. The summed E-state index contributed by atoms with van der Waals surface area (Å²) in [5.41, 5.74) is 1.32. The molecule has 0 aliphatic carbocycles. The Bertz CT molecular complexity index is 404. The average molecular weight is 265 g/mol. The second-order valence-corrected chi connectivity index (χ2v) is 5.74. The first-order chi connectivity index (χ1) is 8.60. The molecule has 1 aromatic rings. The van der Waals surface area contributed by atoms with Gasteiger partial charge in [-0.2, -0.15) is 0 Å². The number of hydrogen-bond acceptors (Lipinski definition) is 2. The fourth-order valence-corrected chi connectivity index (χ4v) is 2.80. The van der Waals surface area contributed by atoms with Crippen molar-refractivity contribution < 1.29 is 0 Å². The van der Waals surface area contributed by atoms with E-state index in [0.717, 1.165) is 32.6 Å². The molecule has 0 bridgehead atoms. The van der Waals surface area contributed by atoms with Gasteiger partial charge in [-0.3, -0.25) is 4.90 Å². The normalized spacial score (nSPS) is 25.7. The van der Waals surface area contributed by atoms with E-state index in [2.05, 4.69) is 54.1 Å². The zero-order valence-electron chi connectivity index (χ0n) is 11.0. The van der Waals surface area contributed by atoms with E-state index in [1.807, 2.05) is 0 Å². The zero-order valence-corrected chi connectivity index (χ0v) is 11.7. The fraction of sp³-hybridized carbons (Fsp3) is 0.467. The van der Waals surface area contributed by atoms with Gasteiger partial charge in [0.25, 0.3) is 0 Å². The predicted octanol–water partition coefficient (Wildman–Crippen LogP) is 2.95. The van der Waals surface area contributed by atoms with E-state index in [0.29, 0.717) is 5.03 Å². The molecule has 1 heterocycles. The van der Waals surface area contributed by atoms with Gasteiger partial charge in [0.05, 0.1) is 5.54 Å². The second kappa shape index (κ2) is 5.87. The lowest BCUT2D eigenvalue weighted by molar-refractivity contribution is 0.238. The van der Waals surface area contributed by atoms with Crippen LogP contribution in [0.25, 0.3) is 0 Å². The topological polar surface area (TPSA) is 15.3 Å². The summed E-state index contributed by atoms with van der Waals surface area (Å²) in [5.74, 6) is 0. The standard InChI is InChI=1S/C15H21ClN2/c1-13(16)11-18-10-6-9-17-15(2,12-18)14-7-4-3-5-8-14/h3-5,7-8,17H,1,6,9-12H2,2H3. The van der Waals surface area contributed by atoms with E-state index in [9.17, 15) is 0 Å². The number of halogens is 1. The molecule has 98 valence electrons. The van der Waals surface area contributed by atoms with Crippen LogP contribution in [0.1, 0.15) is 18.9 Å². The molecule has 2 rings (SSSR count). The molecule has 1 N–H and O–H groups in total. The Balaban J connectivity index is 2.17. The molecule has 18 heavy (non-hydrogen) atoms. The Morgan fingerprint density at radius 1 is 1.44 bits per heavy atom. The van der Waals surface area contributed by atoms with Crippen LogP contribution in [0.15, 0.2) is 41.9 Å². The van der Waals surface area contributed by atoms with Crippen LogP contribution >= 0.6 is 11.6 Å². The van der Waals surface area contributed by atoms with Gasteiger partial charge in [-0.1, -0.05) is 48.5 Å².